The molecule has 0 saturated heterocycles. The smallest absolute Gasteiger partial charge is 0.122 e. The number of nitrogens with one attached hydrogen (secondary N) is 1. The molecule has 18 heavy (non-hydrogen) atoms. The Kier molecular flexibility index (Phi) is 3.72. The van der Waals surface area contributed by atoms with Crippen molar-refractivity contribution in [2.45, 2.75) is 19.9 Å². The summed E-state index contributed by atoms with van der Waals surface area (Å²) in [6, 6.07) is 6.38. The average molecular weight is 245 g/mol. The molecule has 2 rings (SSSR count). The van der Waals surface area contributed by atoms with E-state index in [2.05, 4.69) is 31.3 Å². The maximum absolute atomic E-state index is 5.35. The van der Waals surface area contributed by atoms with E-state index in [1.807, 2.05) is 13.1 Å². The molecule has 1 unspecified atom stereocenters. The third-order valence-corrected chi connectivity index (χ3v) is 3.26. The van der Waals surface area contributed by atoms with Gasteiger partial charge < -0.3 is 14.5 Å². The molecule has 1 atom stereocenters. The normalized spacial score (nSPS) is 12.4. The fourth-order valence-electron chi connectivity index (χ4n) is 2.28. The first-order chi connectivity index (χ1) is 8.67. The van der Waals surface area contributed by atoms with Gasteiger partial charge >= 0.3 is 0 Å². The maximum Gasteiger partial charge on any atom is 0.122 e. The largest absolute Gasteiger partial charge is 0.496 e. The first-order valence-corrected chi connectivity index (χ1v) is 6.02. The monoisotopic (exact) mass is 245 g/mol. The summed E-state index contributed by atoms with van der Waals surface area (Å²) in [6.45, 7) is 4.16. The lowest BCUT2D eigenvalue weighted by Crippen LogP contribution is -2.18. The molecule has 0 aliphatic rings. The number of furan rings is 1. The van der Waals surface area contributed by atoms with Gasteiger partial charge in [-0.3, -0.25) is 0 Å². The number of methoxy groups -OCH3 is 1. The van der Waals surface area contributed by atoms with Crippen molar-refractivity contribution in [2.24, 2.45) is 0 Å². The summed E-state index contributed by atoms with van der Waals surface area (Å²) in [5.74, 6) is 0.929. The van der Waals surface area contributed by atoms with Gasteiger partial charge in [-0.15, -0.1) is 0 Å². The van der Waals surface area contributed by atoms with Crippen LogP contribution in [0, 0.1) is 13.8 Å². The van der Waals surface area contributed by atoms with Gasteiger partial charge in [-0.25, -0.2) is 0 Å². The predicted octanol–water partition coefficient (Wildman–Crippen LogP) is 3.21. The SMILES string of the molecule is CNC(c1ccoc1)c1cc(C)c(OC)cc1C. The van der Waals surface area contributed by atoms with Gasteiger partial charge in [-0.2, -0.15) is 0 Å². The summed E-state index contributed by atoms with van der Waals surface area (Å²) in [7, 11) is 3.66. The zero-order chi connectivity index (χ0) is 13.1. The standard InChI is InChI=1S/C15H19NO2/c1-10-8-14(17-4)11(2)7-13(10)15(16-3)12-5-6-18-9-12/h5-9,15-16H,1-4H3. The van der Waals surface area contributed by atoms with E-state index >= 15 is 0 Å². The van der Waals surface area contributed by atoms with Crippen LogP contribution in [0.5, 0.6) is 5.75 Å². The van der Waals surface area contributed by atoms with Crippen LogP contribution in [0.25, 0.3) is 0 Å². The second-order valence-corrected chi connectivity index (χ2v) is 4.46. The number of ether oxygens (including phenoxy) is 1. The summed E-state index contributed by atoms with van der Waals surface area (Å²) in [6.07, 6.45) is 3.48. The van der Waals surface area contributed by atoms with Crippen LogP contribution in [0.3, 0.4) is 0 Å². The molecular weight excluding hydrogens is 226 g/mol. The van der Waals surface area contributed by atoms with Crippen molar-refractivity contribution in [3.8, 4) is 5.75 Å². The highest BCUT2D eigenvalue weighted by Crippen LogP contribution is 2.30. The predicted molar refractivity (Wildman–Crippen MR) is 72.1 cm³/mol. The third-order valence-electron chi connectivity index (χ3n) is 3.26. The van der Waals surface area contributed by atoms with E-state index in [0.29, 0.717) is 0 Å². The molecular formula is C15H19NO2. The number of rotatable bonds is 4. The van der Waals surface area contributed by atoms with Crippen LogP contribution < -0.4 is 10.1 Å². The summed E-state index contributed by atoms with van der Waals surface area (Å²) in [5.41, 5.74) is 4.72. The van der Waals surface area contributed by atoms with Crippen molar-refractivity contribution in [3.05, 3.63) is 53.0 Å². The van der Waals surface area contributed by atoms with Crippen molar-refractivity contribution in [2.75, 3.05) is 14.2 Å². The lowest BCUT2D eigenvalue weighted by Gasteiger charge is -2.19. The van der Waals surface area contributed by atoms with Gasteiger partial charge in [0.15, 0.2) is 0 Å². The van der Waals surface area contributed by atoms with Gasteiger partial charge in [-0.05, 0) is 49.7 Å². The maximum atomic E-state index is 5.35. The van der Waals surface area contributed by atoms with Crippen molar-refractivity contribution in [1.29, 1.82) is 0 Å². The van der Waals surface area contributed by atoms with Gasteiger partial charge in [0, 0.05) is 5.56 Å². The Morgan fingerprint density at radius 1 is 1.22 bits per heavy atom. The minimum atomic E-state index is 0.147. The van der Waals surface area contributed by atoms with Crippen molar-refractivity contribution >= 4 is 0 Å². The molecule has 0 bridgehead atoms. The number of hydrogen-bond acceptors (Lipinski definition) is 3. The Morgan fingerprint density at radius 2 is 2.00 bits per heavy atom. The summed E-state index contributed by atoms with van der Waals surface area (Å²) >= 11 is 0. The molecule has 0 aliphatic carbocycles. The molecule has 0 radical (unpaired) electrons. The molecule has 1 heterocycles. The third kappa shape index (κ3) is 2.27. The Bertz CT molecular complexity index is 518. The lowest BCUT2D eigenvalue weighted by molar-refractivity contribution is 0.411. The van der Waals surface area contributed by atoms with E-state index < -0.39 is 0 Å². The second kappa shape index (κ2) is 5.27. The van der Waals surface area contributed by atoms with Crippen LogP contribution in [0.1, 0.15) is 28.3 Å². The van der Waals surface area contributed by atoms with Gasteiger partial charge in [0.1, 0.15) is 5.75 Å². The fraction of sp³-hybridized carbons (Fsp3) is 0.333. The quantitative estimate of drug-likeness (QED) is 0.898. The van der Waals surface area contributed by atoms with Gasteiger partial charge in [0.2, 0.25) is 0 Å². The zero-order valence-electron chi connectivity index (χ0n) is 11.3. The summed E-state index contributed by atoms with van der Waals surface area (Å²) < 4.78 is 10.5. The molecule has 3 heteroatoms. The Morgan fingerprint density at radius 3 is 2.56 bits per heavy atom. The first kappa shape index (κ1) is 12.7. The van der Waals surface area contributed by atoms with Crippen LogP contribution in [0.4, 0.5) is 0 Å². The molecule has 96 valence electrons. The minimum Gasteiger partial charge on any atom is -0.496 e. The van der Waals surface area contributed by atoms with E-state index in [1.165, 1.54) is 11.1 Å². The highest BCUT2D eigenvalue weighted by Gasteiger charge is 2.16. The average Bonchev–Trinajstić information content (AvgIpc) is 2.87. The van der Waals surface area contributed by atoms with Gasteiger partial charge in [0.05, 0.1) is 25.7 Å². The lowest BCUT2D eigenvalue weighted by atomic mass is 9.94. The zero-order valence-corrected chi connectivity index (χ0v) is 11.3. The van der Waals surface area contributed by atoms with Crippen LogP contribution in [-0.4, -0.2) is 14.2 Å². The topological polar surface area (TPSA) is 34.4 Å². The van der Waals surface area contributed by atoms with Crippen molar-refractivity contribution in [3.63, 3.8) is 0 Å². The molecule has 1 N–H and O–H groups in total. The van der Waals surface area contributed by atoms with Crippen LogP contribution in [-0.2, 0) is 0 Å². The minimum absolute atomic E-state index is 0.147. The molecule has 1 aromatic carbocycles. The van der Waals surface area contributed by atoms with E-state index in [0.717, 1.165) is 16.9 Å². The molecule has 0 saturated carbocycles. The molecule has 0 amide bonds. The van der Waals surface area contributed by atoms with E-state index in [-0.39, 0.29) is 6.04 Å². The van der Waals surface area contributed by atoms with Crippen LogP contribution in [0.2, 0.25) is 0 Å². The van der Waals surface area contributed by atoms with Crippen molar-refractivity contribution in [1.82, 2.24) is 5.32 Å². The molecule has 0 aliphatic heterocycles. The van der Waals surface area contributed by atoms with Crippen LogP contribution >= 0.6 is 0 Å². The summed E-state index contributed by atoms with van der Waals surface area (Å²) in [4.78, 5) is 0. The number of aryl methyl sites for hydroxylation is 2. The summed E-state index contributed by atoms with van der Waals surface area (Å²) in [5, 5.41) is 3.33. The van der Waals surface area contributed by atoms with Gasteiger partial charge in [0.25, 0.3) is 0 Å². The Balaban J connectivity index is 2.46. The first-order valence-electron chi connectivity index (χ1n) is 6.02. The molecule has 0 spiro atoms. The molecule has 0 fully saturated rings. The van der Waals surface area contributed by atoms with E-state index in [1.54, 1.807) is 19.6 Å². The number of benzene rings is 1. The molecule has 1 aromatic heterocycles. The van der Waals surface area contributed by atoms with Gasteiger partial charge in [-0.1, -0.05) is 6.07 Å². The Labute approximate surface area is 108 Å². The van der Waals surface area contributed by atoms with E-state index in [9.17, 15) is 0 Å². The number of hydrogen-bond donors (Lipinski definition) is 1. The second-order valence-electron chi connectivity index (χ2n) is 4.46. The highest BCUT2D eigenvalue weighted by molar-refractivity contribution is 5.45. The van der Waals surface area contributed by atoms with E-state index in [4.69, 9.17) is 9.15 Å². The Hall–Kier alpha value is -1.74. The van der Waals surface area contributed by atoms with Crippen LogP contribution in [0.15, 0.2) is 35.1 Å². The molecule has 2 aromatic rings. The van der Waals surface area contributed by atoms with Crippen molar-refractivity contribution < 1.29 is 9.15 Å². The molecule has 3 nitrogen and oxygen atoms in total. The highest BCUT2D eigenvalue weighted by atomic mass is 16.5. The fourth-order valence-corrected chi connectivity index (χ4v) is 2.28.